The van der Waals surface area contributed by atoms with Gasteiger partial charge in [-0.05, 0) is 55.9 Å². The highest BCUT2D eigenvalue weighted by Gasteiger charge is 2.21. The molecule has 0 spiro atoms. The Morgan fingerprint density at radius 3 is 2.71 bits per heavy atom. The molecule has 3 nitrogen and oxygen atoms in total. The van der Waals surface area contributed by atoms with Gasteiger partial charge in [-0.3, -0.25) is 0 Å². The molecule has 21 heavy (non-hydrogen) atoms. The van der Waals surface area contributed by atoms with Gasteiger partial charge in [0, 0.05) is 31.9 Å². The summed E-state index contributed by atoms with van der Waals surface area (Å²) >= 11 is 0. The number of anilines is 1. The van der Waals surface area contributed by atoms with Crippen molar-refractivity contribution in [1.29, 1.82) is 0 Å². The quantitative estimate of drug-likeness (QED) is 0.923. The lowest BCUT2D eigenvalue weighted by molar-refractivity contribution is 0.128. The van der Waals surface area contributed by atoms with Gasteiger partial charge in [0.1, 0.15) is 5.75 Å². The minimum absolute atomic E-state index is 0.414. The minimum atomic E-state index is 0.414. The van der Waals surface area contributed by atoms with E-state index in [0.29, 0.717) is 6.10 Å². The van der Waals surface area contributed by atoms with E-state index in [1.54, 1.807) is 0 Å². The fourth-order valence-corrected chi connectivity index (χ4v) is 3.55. The number of nitrogens with zero attached hydrogens (tertiary/aromatic N) is 1. The molecule has 2 unspecified atom stereocenters. The summed E-state index contributed by atoms with van der Waals surface area (Å²) in [6.45, 7) is 8.87. The number of nitrogens with one attached hydrogen (secondary N) is 1. The summed E-state index contributed by atoms with van der Waals surface area (Å²) < 4.78 is 6.27. The van der Waals surface area contributed by atoms with Crippen LogP contribution < -0.4 is 15.0 Å². The summed E-state index contributed by atoms with van der Waals surface area (Å²) in [6, 6.07) is 6.68. The van der Waals surface area contributed by atoms with Crippen LogP contribution in [0.1, 0.15) is 38.2 Å². The van der Waals surface area contributed by atoms with Crippen molar-refractivity contribution in [2.24, 2.45) is 5.92 Å². The summed E-state index contributed by atoms with van der Waals surface area (Å²) in [5.41, 5.74) is 2.60. The van der Waals surface area contributed by atoms with Crippen LogP contribution in [-0.2, 0) is 0 Å². The highest BCUT2D eigenvalue weighted by Crippen LogP contribution is 2.30. The van der Waals surface area contributed by atoms with Gasteiger partial charge in [-0.1, -0.05) is 13.3 Å². The van der Waals surface area contributed by atoms with E-state index in [4.69, 9.17) is 4.74 Å². The Labute approximate surface area is 128 Å². The van der Waals surface area contributed by atoms with E-state index in [-0.39, 0.29) is 0 Å². The van der Waals surface area contributed by atoms with Crippen molar-refractivity contribution in [3.05, 3.63) is 23.8 Å². The molecule has 0 radical (unpaired) electrons. The van der Waals surface area contributed by atoms with Gasteiger partial charge in [-0.25, -0.2) is 0 Å². The first-order valence-electron chi connectivity index (χ1n) is 8.45. The number of rotatable bonds is 3. The zero-order chi connectivity index (χ0) is 14.7. The van der Waals surface area contributed by atoms with Crippen molar-refractivity contribution < 1.29 is 4.74 Å². The van der Waals surface area contributed by atoms with E-state index in [1.807, 2.05) is 0 Å². The molecule has 2 aliphatic rings. The van der Waals surface area contributed by atoms with Crippen LogP contribution in [0.5, 0.6) is 5.75 Å². The van der Waals surface area contributed by atoms with E-state index in [2.05, 4.69) is 42.3 Å². The number of hydrogen-bond acceptors (Lipinski definition) is 3. The van der Waals surface area contributed by atoms with E-state index in [9.17, 15) is 0 Å². The van der Waals surface area contributed by atoms with Crippen LogP contribution in [0.2, 0.25) is 0 Å². The second-order valence-corrected chi connectivity index (χ2v) is 6.70. The van der Waals surface area contributed by atoms with Gasteiger partial charge in [0.2, 0.25) is 0 Å². The van der Waals surface area contributed by atoms with Crippen molar-refractivity contribution in [3.8, 4) is 5.75 Å². The number of aryl methyl sites for hydroxylation is 1. The van der Waals surface area contributed by atoms with Gasteiger partial charge >= 0.3 is 0 Å². The first-order chi connectivity index (χ1) is 10.2. The average Bonchev–Trinajstić information content (AvgIpc) is 2.50. The molecule has 1 aliphatic carbocycles. The predicted molar refractivity (Wildman–Crippen MR) is 88.3 cm³/mol. The second-order valence-electron chi connectivity index (χ2n) is 6.70. The monoisotopic (exact) mass is 288 g/mol. The highest BCUT2D eigenvalue weighted by molar-refractivity contribution is 5.53. The van der Waals surface area contributed by atoms with Crippen molar-refractivity contribution >= 4 is 5.69 Å². The molecule has 1 aromatic carbocycles. The Kier molecular flexibility index (Phi) is 4.69. The van der Waals surface area contributed by atoms with Crippen molar-refractivity contribution in [2.75, 3.05) is 31.1 Å². The third-order valence-electron chi connectivity index (χ3n) is 4.82. The fourth-order valence-electron chi connectivity index (χ4n) is 3.55. The third-order valence-corrected chi connectivity index (χ3v) is 4.82. The van der Waals surface area contributed by atoms with Crippen molar-refractivity contribution in [3.63, 3.8) is 0 Å². The number of hydrogen-bond donors (Lipinski definition) is 1. The normalized spacial score (nSPS) is 26.7. The van der Waals surface area contributed by atoms with Crippen LogP contribution in [0.15, 0.2) is 18.2 Å². The molecule has 2 atom stereocenters. The largest absolute Gasteiger partial charge is 0.490 e. The lowest BCUT2D eigenvalue weighted by atomic mass is 9.88. The molecular formula is C18H28N2O. The van der Waals surface area contributed by atoms with Crippen molar-refractivity contribution in [1.82, 2.24) is 5.32 Å². The number of ether oxygens (including phenoxy) is 1. The molecule has 2 fully saturated rings. The summed E-state index contributed by atoms with van der Waals surface area (Å²) in [4.78, 5) is 2.45. The van der Waals surface area contributed by atoms with Gasteiger partial charge in [0.25, 0.3) is 0 Å². The molecule has 3 heteroatoms. The Morgan fingerprint density at radius 1 is 1.19 bits per heavy atom. The number of piperazine rings is 1. The Balaban J connectivity index is 1.66. The van der Waals surface area contributed by atoms with E-state index < -0.39 is 0 Å². The molecule has 1 N–H and O–H groups in total. The molecule has 3 rings (SSSR count). The smallest absolute Gasteiger partial charge is 0.122 e. The van der Waals surface area contributed by atoms with Crippen LogP contribution in [-0.4, -0.2) is 32.3 Å². The second kappa shape index (κ2) is 6.69. The predicted octanol–water partition coefficient (Wildman–Crippen LogP) is 3.36. The van der Waals surface area contributed by atoms with Gasteiger partial charge in [0.05, 0.1) is 6.10 Å². The molecule has 0 amide bonds. The molecule has 0 bridgehead atoms. The lowest BCUT2D eigenvalue weighted by Crippen LogP contribution is -2.43. The van der Waals surface area contributed by atoms with Crippen LogP contribution in [0.4, 0.5) is 5.69 Å². The summed E-state index contributed by atoms with van der Waals surface area (Å²) in [7, 11) is 0. The topological polar surface area (TPSA) is 24.5 Å². The van der Waals surface area contributed by atoms with Crippen LogP contribution in [0, 0.1) is 12.8 Å². The Hall–Kier alpha value is -1.22. The van der Waals surface area contributed by atoms with Crippen LogP contribution in [0.3, 0.4) is 0 Å². The maximum atomic E-state index is 6.27. The molecule has 0 aromatic heterocycles. The van der Waals surface area contributed by atoms with E-state index >= 15 is 0 Å². The third kappa shape index (κ3) is 3.70. The lowest BCUT2D eigenvalue weighted by Gasteiger charge is -2.31. The van der Waals surface area contributed by atoms with Gasteiger partial charge in [-0.15, -0.1) is 0 Å². The Morgan fingerprint density at radius 2 is 2.00 bits per heavy atom. The van der Waals surface area contributed by atoms with Gasteiger partial charge in [-0.2, -0.15) is 0 Å². The molecule has 1 saturated carbocycles. The highest BCUT2D eigenvalue weighted by atomic mass is 16.5. The first-order valence-corrected chi connectivity index (χ1v) is 8.45. The maximum Gasteiger partial charge on any atom is 0.122 e. The minimum Gasteiger partial charge on any atom is -0.490 e. The van der Waals surface area contributed by atoms with Gasteiger partial charge < -0.3 is 15.0 Å². The fraction of sp³-hybridized carbons (Fsp3) is 0.667. The van der Waals surface area contributed by atoms with Gasteiger partial charge in [0.15, 0.2) is 0 Å². The van der Waals surface area contributed by atoms with E-state index in [0.717, 1.165) is 37.8 Å². The van der Waals surface area contributed by atoms with Crippen molar-refractivity contribution in [2.45, 2.75) is 45.6 Å². The average molecular weight is 288 g/mol. The zero-order valence-corrected chi connectivity index (χ0v) is 13.4. The van der Waals surface area contributed by atoms with Crippen LogP contribution in [0.25, 0.3) is 0 Å². The molecule has 1 heterocycles. The standard InChI is InChI=1S/C18H28N2O/c1-14-4-3-5-17(12-14)21-18-7-6-16(13-15(18)2)20-10-8-19-9-11-20/h6-7,13-14,17,19H,3-5,8-12H2,1-2H3. The zero-order valence-electron chi connectivity index (χ0n) is 13.4. The summed E-state index contributed by atoms with van der Waals surface area (Å²) in [5.74, 6) is 1.89. The van der Waals surface area contributed by atoms with Crippen LogP contribution >= 0.6 is 0 Å². The molecule has 1 aromatic rings. The summed E-state index contributed by atoms with van der Waals surface area (Å²) in [5, 5.41) is 3.40. The van der Waals surface area contributed by atoms with E-state index in [1.165, 1.54) is 36.9 Å². The molecule has 1 aliphatic heterocycles. The summed E-state index contributed by atoms with van der Waals surface area (Å²) in [6.07, 6.45) is 5.50. The number of benzene rings is 1. The molecular weight excluding hydrogens is 260 g/mol. The maximum absolute atomic E-state index is 6.27. The molecule has 1 saturated heterocycles. The molecule has 116 valence electrons. The SMILES string of the molecule is Cc1cc(N2CCNCC2)ccc1OC1CCCC(C)C1. The Bertz CT molecular complexity index is 468. The first kappa shape index (κ1) is 14.7.